The molecule has 0 bridgehead atoms. The second kappa shape index (κ2) is 7.19. The third-order valence-electron chi connectivity index (χ3n) is 4.55. The number of nitrogens with one attached hydrogen (secondary N) is 1. The Hall–Kier alpha value is -3.61. The van der Waals surface area contributed by atoms with Crippen LogP contribution in [-0.2, 0) is 6.42 Å². The number of nitrogens with zero attached hydrogens (tertiary/aromatic N) is 4. The van der Waals surface area contributed by atoms with Gasteiger partial charge in [-0.05, 0) is 43.2 Å². The molecular formula is C21H18FN5O. The highest BCUT2D eigenvalue weighted by atomic mass is 19.1. The zero-order valence-corrected chi connectivity index (χ0v) is 15.5. The summed E-state index contributed by atoms with van der Waals surface area (Å²) in [5.74, 6) is -0.791. The Kier molecular flexibility index (Phi) is 4.57. The molecule has 0 unspecified atom stereocenters. The minimum atomic E-state index is -0.423. The van der Waals surface area contributed by atoms with Crippen LogP contribution in [0.1, 0.15) is 28.8 Å². The molecule has 1 amide bonds. The van der Waals surface area contributed by atoms with Crippen LogP contribution in [0.25, 0.3) is 16.8 Å². The number of hydrogen-bond acceptors (Lipinski definition) is 4. The number of carbonyl (C=O) groups excluding carboxylic acids is 1. The van der Waals surface area contributed by atoms with E-state index < -0.39 is 5.91 Å². The molecule has 0 atom stereocenters. The largest absolute Gasteiger partial charge is 0.321 e. The third kappa shape index (κ3) is 3.11. The third-order valence-corrected chi connectivity index (χ3v) is 4.55. The fourth-order valence-corrected chi connectivity index (χ4v) is 3.13. The van der Waals surface area contributed by atoms with Crippen LogP contribution in [0.2, 0.25) is 0 Å². The molecule has 2 heterocycles. The van der Waals surface area contributed by atoms with E-state index in [1.807, 2.05) is 37.3 Å². The van der Waals surface area contributed by atoms with Crippen molar-refractivity contribution in [3.8, 4) is 11.1 Å². The Morgan fingerprint density at radius 3 is 2.46 bits per heavy atom. The van der Waals surface area contributed by atoms with E-state index in [4.69, 9.17) is 0 Å². The Morgan fingerprint density at radius 1 is 1.07 bits per heavy atom. The zero-order chi connectivity index (χ0) is 19.7. The predicted molar refractivity (Wildman–Crippen MR) is 105 cm³/mol. The summed E-state index contributed by atoms with van der Waals surface area (Å²) in [6.45, 7) is 3.81. The lowest BCUT2D eigenvalue weighted by Gasteiger charge is -2.08. The Balaban J connectivity index is 1.77. The number of rotatable bonds is 4. The minimum Gasteiger partial charge on any atom is -0.321 e. The molecule has 0 spiro atoms. The molecule has 0 fully saturated rings. The summed E-state index contributed by atoms with van der Waals surface area (Å²) in [5.41, 5.74) is 4.66. The molecule has 6 nitrogen and oxygen atoms in total. The first-order valence-electron chi connectivity index (χ1n) is 8.95. The van der Waals surface area contributed by atoms with Gasteiger partial charge in [0.15, 0.2) is 11.3 Å². The first kappa shape index (κ1) is 17.8. The molecule has 0 saturated carbocycles. The molecule has 2 aromatic carbocycles. The Labute approximate surface area is 161 Å². The molecule has 1 N–H and O–H groups in total. The van der Waals surface area contributed by atoms with Crippen molar-refractivity contribution >= 4 is 17.2 Å². The average Bonchev–Trinajstić information content (AvgIpc) is 3.10. The van der Waals surface area contributed by atoms with Gasteiger partial charge in [-0.25, -0.2) is 8.91 Å². The molecule has 0 saturated heterocycles. The van der Waals surface area contributed by atoms with Gasteiger partial charge in [-0.2, -0.15) is 5.10 Å². The van der Waals surface area contributed by atoms with Crippen molar-refractivity contribution in [1.82, 2.24) is 19.8 Å². The standard InChI is InChI=1S/C21H18FN5O/c1-3-17-18(14-7-5-4-6-8-14)20-25-24-19(13(2)27(20)26-17)21(28)23-16-11-9-15(22)10-12-16/h4-12H,3H2,1-2H3,(H,23,28). The van der Waals surface area contributed by atoms with Gasteiger partial charge in [0.25, 0.3) is 5.91 Å². The summed E-state index contributed by atoms with van der Waals surface area (Å²) in [5, 5.41) is 15.8. The van der Waals surface area contributed by atoms with Gasteiger partial charge in [-0.15, -0.1) is 10.2 Å². The van der Waals surface area contributed by atoms with E-state index in [0.29, 0.717) is 17.0 Å². The van der Waals surface area contributed by atoms with E-state index in [9.17, 15) is 9.18 Å². The van der Waals surface area contributed by atoms with E-state index in [2.05, 4.69) is 20.6 Å². The quantitative estimate of drug-likeness (QED) is 0.584. The number of halogens is 1. The van der Waals surface area contributed by atoms with Crippen molar-refractivity contribution in [3.05, 3.63) is 77.5 Å². The summed E-state index contributed by atoms with van der Waals surface area (Å²) in [6.07, 6.45) is 0.726. The lowest BCUT2D eigenvalue weighted by atomic mass is 10.0. The van der Waals surface area contributed by atoms with Crippen molar-refractivity contribution in [3.63, 3.8) is 0 Å². The van der Waals surface area contributed by atoms with Crippen molar-refractivity contribution in [1.29, 1.82) is 0 Å². The number of aryl methyl sites for hydroxylation is 2. The average molecular weight is 375 g/mol. The van der Waals surface area contributed by atoms with E-state index in [1.165, 1.54) is 24.3 Å². The monoisotopic (exact) mass is 375 g/mol. The summed E-state index contributed by atoms with van der Waals surface area (Å²) in [6, 6.07) is 15.4. The fourth-order valence-electron chi connectivity index (χ4n) is 3.13. The van der Waals surface area contributed by atoms with Crippen LogP contribution in [0.15, 0.2) is 54.6 Å². The molecule has 4 rings (SSSR count). The SMILES string of the molecule is CCc1nn2c(C)c(C(=O)Nc3ccc(F)cc3)nnc2c1-c1ccccc1. The summed E-state index contributed by atoms with van der Waals surface area (Å²) >= 11 is 0. The number of carbonyl (C=O) groups is 1. The van der Waals surface area contributed by atoms with Gasteiger partial charge in [-0.1, -0.05) is 37.3 Å². The topological polar surface area (TPSA) is 72.2 Å². The number of fused-ring (bicyclic) bond motifs is 1. The van der Waals surface area contributed by atoms with Crippen LogP contribution in [0.5, 0.6) is 0 Å². The summed E-state index contributed by atoms with van der Waals surface area (Å²) < 4.78 is 14.7. The molecule has 0 radical (unpaired) electrons. The predicted octanol–water partition coefficient (Wildman–Crippen LogP) is 4.05. The van der Waals surface area contributed by atoms with E-state index in [1.54, 1.807) is 11.4 Å². The normalized spacial score (nSPS) is 11.0. The molecular weight excluding hydrogens is 357 g/mol. The Morgan fingerprint density at radius 2 is 1.79 bits per heavy atom. The second-order valence-corrected chi connectivity index (χ2v) is 6.37. The van der Waals surface area contributed by atoms with Gasteiger partial charge in [0.05, 0.1) is 17.0 Å². The number of benzene rings is 2. The lowest BCUT2D eigenvalue weighted by molar-refractivity contribution is 0.102. The molecule has 7 heteroatoms. The summed E-state index contributed by atoms with van der Waals surface area (Å²) in [4.78, 5) is 12.6. The second-order valence-electron chi connectivity index (χ2n) is 6.37. The molecule has 0 aliphatic carbocycles. The molecule has 4 aromatic rings. The smallest absolute Gasteiger partial charge is 0.278 e. The van der Waals surface area contributed by atoms with Crippen LogP contribution >= 0.6 is 0 Å². The molecule has 0 aliphatic heterocycles. The number of hydrogen-bond donors (Lipinski definition) is 1. The van der Waals surface area contributed by atoms with Crippen LogP contribution < -0.4 is 5.32 Å². The van der Waals surface area contributed by atoms with Gasteiger partial charge < -0.3 is 5.32 Å². The van der Waals surface area contributed by atoms with E-state index in [-0.39, 0.29) is 11.5 Å². The maximum atomic E-state index is 13.1. The van der Waals surface area contributed by atoms with Crippen LogP contribution in [0, 0.1) is 12.7 Å². The lowest BCUT2D eigenvalue weighted by Crippen LogP contribution is -2.18. The van der Waals surface area contributed by atoms with Crippen molar-refractivity contribution in [2.45, 2.75) is 20.3 Å². The maximum absolute atomic E-state index is 13.1. The summed E-state index contributed by atoms with van der Waals surface area (Å²) in [7, 11) is 0. The van der Waals surface area contributed by atoms with Crippen molar-refractivity contribution in [2.24, 2.45) is 0 Å². The number of aromatic nitrogens is 4. The van der Waals surface area contributed by atoms with Crippen LogP contribution in [-0.4, -0.2) is 25.7 Å². The highest BCUT2D eigenvalue weighted by Crippen LogP contribution is 2.28. The maximum Gasteiger partial charge on any atom is 0.278 e. The number of amides is 1. The minimum absolute atomic E-state index is 0.168. The van der Waals surface area contributed by atoms with E-state index in [0.717, 1.165) is 23.2 Å². The Bertz CT molecular complexity index is 1150. The first-order chi connectivity index (χ1) is 13.6. The van der Waals surface area contributed by atoms with Crippen LogP contribution in [0.3, 0.4) is 0 Å². The highest BCUT2D eigenvalue weighted by molar-refractivity contribution is 6.03. The van der Waals surface area contributed by atoms with Crippen molar-refractivity contribution < 1.29 is 9.18 Å². The fraction of sp³-hybridized carbons (Fsp3) is 0.143. The molecule has 28 heavy (non-hydrogen) atoms. The van der Waals surface area contributed by atoms with Gasteiger partial charge in [0.1, 0.15) is 5.82 Å². The van der Waals surface area contributed by atoms with Crippen molar-refractivity contribution in [2.75, 3.05) is 5.32 Å². The molecule has 2 aromatic heterocycles. The first-order valence-corrected chi connectivity index (χ1v) is 8.95. The zero-order valence-electron chi connectivity index (χ0n) is 15.5. The van der Waals surface area contributed by atoms with Crippen LogP contribution in [0.4, 0.5) is 10.1 Å². The molecule has 140 valence electrons. The van der Waals surface area contributed by atoms with E-state index >= 15 is 0 Å². The number of anilines is 1. The van der Waals surface area contributed by atoms with Gasteiger partial charge in [-0.3, -0.25) is 4.79 Å². The van der Waals surface area contributed by atoms with Gasteiger partial charge in [0.2, 0.25) is 0 Å². The van der Waals surface area contributed by atoms with Gasteiger partial charge in [0, 0.05) is 5.69 Å². The molecule has 0 aliphatic rings. The van der Waals surface area contributed by atoms with Gasteiger partial charge >= 0.3 is 0 Å². The highest BCUT2D eigenvalue weighted by Gasteiger charge is 2.21.